The number of nitrogens with zero attached hydrogens (tertiary/aromatic N) is 3. The average Bonchev–Trinajstić information content (AvgIpc) is 2.88. The van der Waals surface area contributed by atoms with Crippen LogP contribution in [0.25, 0.3) is 11.4 Å². The van der Waals surface area contributed by atoms with E-state index in [9.17, 15) is 4.79 Å². The van der Waals surface area contributed by atoms with Crippen molar-refractivity contribution in [1.82, 2.24) is 20.1 Å². The number of aromatic nitrogens is 3. The maximum absolute atomic E-state index is 12.3. The van der Waals surface area contributed by atoms with Gasteiger partial charge in [-0.25, -0.2) is 0 Å². The Morgan fingerprint density at radius 3 is 2.46 bits per heavy atom. The van der Waals surface area contributed by atoms with Crippen LogP contribution in [0.15, 0.2) is 29.4 Å². The normalized spacial score (nSPS) is 12.9. The number of carbonyl (C=O) groups excluding carboxylic acids is 1. The Hall–Kier alpha value is -1.53. The molecule has 0 saturated heterocycles. The molecular weight excluding hydrogens is 344 g/mol. The number of halogens is 1. The molecule has 2 aromatic rings. The number of hydrogen-bond acceptors (Lipinski definition) is 4. The van der Waals surface area contributed by atoms with E-state index in [0.29, 0.717) is 5.02 Å². The van der Waals surface area contributed by atoms with Gasteiger partial charge in [-0.1, -0.05) is 23.4 Å². The summed E-state index contributed by atoms with van der Waals surface area (Å²) in [6, 6.07) is 7.50. The Labute approximate surface area is 152 Å². The molecule has 0 saturated carbocycles. The molecule has 0 bridgehead atoms. The van der Waals surface area contributed by atoms with Gasteiger partial charge in [0.15, 0.2) is 11.0 Å². The van der Waals surface area contributed by atoms with Gasteiger partial charge in [0.05, 0.1) is 5.25 Å². The van der Waals surface area contributed by atoms with Gasteiger partial charge in [-0.2, -0.15) is 0 Å². The first-order valence-corrected chi connectivity index (χ1v) is 9.15. The van der Waals surface area contributed by atoms with Crippen molar-refractivity contribution in [2.45, 2.75) is 57.1 Å². The van der Waals surface area contributed by atoms with Crippen LogP contribution in [0, 0.1) is 0 Å². The zero-order valence-electron chi connectivity index (χ0n) is 14.6. The minimum Gasteiger partial charge on any atom is -0.351 e. The highest BCUT2D eigenvalue weighted by Crippen LogP contribution is 2.27. The predicted octanol–water partition coefficient (Wildman–Crippen LogP) is 4.01. The lowest BCUT2D eigenvalue weighted by molar-refractivity contribution is -0.121. The van der Waals surface area contributed by atoms with Gasteiger partial charge in [0, 0.05) is 22.7 Å². The van der Waals surface area contributed by atoms with Crippen LogP contribution in [-0.4, -0.2) is 31.5 Å². The lowest BCUT2D eigenvalue weighted by atomic mass is 10.1. The van der Waals surface area contributed by atoms with E-state index in [0.717, 1.165) is 23.1 Å². The molecule has 24 heavy (non-hydrogen) atoms. The lowest BCUT2D eigenvalue weighted by Gasteiger charge is -2.22. The minimum atomic E-state index is -0.253. The molecule has 0 aliphatic heterocycles. The third kappa shape index (κ3) is 4.74. The molecular formula is C17H23ClN4OS. The Morgan fingerprint density at radius 1 is 1.29 bits per heavy atom. The molecule has 0 spiro atoms. The van der Waals surface area contributed by atoms with Crippen molar-refractivity contribution in [1.29, 1.82) is 0 Å². The highest BCUT2D eigenvalue weighted by molar-refractivity contribution is 8.00. The fourth-order valence-corrected chi connectivity index (χ4v) is 3.20. The number of nitrogens with one attached hydrogen (secondary N) is 1. The molecule has 1 aromatic carbocycles. The summed E-state index contributed by atoms with van der Waals surface area (Å²) in [4.78, 5) is 12.3. The van der Waals surface area contributed by atoms with Crippen LogP contribution in [0.1, 0.15) is 34.6 Å². The van der Waals surface area contributed by atoms with Crippen LogP contribution >= 0.6 is 23.4 Å². The highest BCUT2D eigenvalue weighted by Gasteiger charge is 2.23. The summed E-state index contributed by atoms with van der Waals surface area (Å²) in [6.45, 7) is 10.5. The summed E-state index contributed by atoms with van der Waals surface area (Å²) in [6.07, 6.45) is 0. The van der Waals surface area contributed by atoms with Gasteiger partial charge in [-0.15, -0.1) is 10.2 Å². The lowest BCUT2D eigenvalue weighted by Crippen LogP contribution is -2.44. The van der Waals surface area contributed by atoms with Crippen LogP contribution in [0.2, 0.25) is 5.02 Å². The number of benzene rings is 1. The quantitative estimate of drug-likeness (QED) is 0.812. The van der Waals surface area contributed by atoms with E-state index in [1.165, 1.54) is 11.8 Å². The molecule has 0 aliphatic rings. The topological polar surface area (TPSA) is 59.8 Å². The minimum absolute atomic E-state index is 0.00815. The zero-order valence-corrected chi connectivity index (χ0v) is 16.2. The van der Waals surface area contributed by atoms with Crippen molar-refractivity contribution in [3.05, 3.63) is 29.3 Å². The van der Waals surface area contributed by atoms with Crippen LogP contribution in [0.3, 0.4) is 0 Å². The second kappa shape index (κ2) is 7.57. The molecule has 7 heteroatoms. The van der Waals surface area contributed by atoms with Crippen molar-refractivity contribution in [2.24, 2.45) is 0 Å². The first-order valence-electron chi connectivity index (χ1n) is 7.89. The van der Waals surface area contributed by atoms with Gasteiger partial charge in [-0.3, -0.25) is 4.79 Å². The fourth-order valence-electron chi connectivity index (χ4n) is 2.16. The number of thioether (sulfide) groups is 1. The first kappa shape index (κ1) is 18.8. The summed E-state index contributed by atoms with van der Waals surface area (Å²) >= 11 is 7.36. The van der Waals surface area contributed by atoms with E-state index in [2.05, 4.69) is 15.5 Å². The largest absolute Gasteiger partial charge is 0.351 e. The maximum Gasteiger partial charge on any atom is 0.233 e. The Morgan fingerprint density at radius 2 is 1.92 bits per heavy atom. The van der Waals surface area contributed by atoms with Gasteiger partial charge >= 0.3 is 0 Å². The Kier molecular flexibility index (Phi) is 5.93. The van der Waals surface area contributed by atoms with Gasteiger partial charge in [-0.05, 0) is 58.9 Å². The molecule has 130 valence electrons. The monoisotopic (exact) mass is 366 g/mol. The van der Waals surface area contributed by atoms with E-state index in [1.54, 1.807) is 0 Å². The van der Waals surface area contributed by atoms with Crippen molar-refractivity contribution in [2.75, 3.05) is 0 Å². The second-order valence-corrected chi connectivity index (χ2v) is 8.30. The summed E-state index contributed by atoms with van der Waals surface area (Å²) < 4.78 is 2.01. The fraction of sp³-hybridized carbons (Fsp3) is 0.471. The van der Waals surface area contributed by atoms with Crippen LogP contribution in [0.5, 0.6) is 0 Å². The van der Waals surface area contributed by atoms with E-state index in [1.807, 2.05) is 63.5 Å². The number of hydrogen-bond donors (Lipinski definition) is 1. The van der Waals surface area contributed by atoms with Gasteiger partial charge < -0.3 is 9.88 Å². The Bertz CT molecular complexity index is 706. The van der Waals surface area contributed by atoms with E-state index >= 15 is 0 Å². The Balaban J connectivity index is 2.20. The third-order valence-electron chi connectivity index (χ3n) is 3.29. The average molecular weight is 367 g/mol. The van der Waals surface area contributed by atoms with Crippen molar-refractivity contribution >= 4 is 29.3 Å². The van der Waals surface area contributed by atoms with Crippen molar-refractivity contribution in [3.63, 3.8) is 0 Å². The summed E-state index contributed by atoms with van der Waals surface area (Å²) in [5.74, 6) is 0.770. The molecule has 1 amide bonds. The van der Waals surface area contributed by atoms with Crippen molar-refractivity contribution < 1.29 is 4.79 Å². The van der Waals surface area contributed by atoms with Gasteiger partial charge in [0.1, 0.15) is 0 Å². The molecule has 1 aromatic heterocycles. The highest BCUT2D eigenvalue weighted by atomic mass is 35.5. The third-order valence-corrected chi connectivity index (χ3v) is 4.62. The summed E-state index contributed by atoms with van der Waals surface area (Å²) in [5.41, 5.74) is 0.700. The second-order valence-electron chi connectivity index (χ2n) is 6.56. The molecule has 0 fully saturated rings. The van der Waals surface area contributed by atoms with Gasteiger partial charge in [0.2, 0.25) is 5.91 Å². The molecule has 1 atom stereocenters. The van der Waals surface area contributed by atoms with Crippen LogP contribution in [0.4, 0.5) is 0 Å². The van der Waals surface area contributed by atoms with Gasteiger partial charge in [0.25, 0.3) is 0 Å². The molecule has 0 aliphatic carbocycles. The molecule has 1 N–H and O–H groups in total. The van der Waals surface area contributed by atoms with E-state index < -0.39 is 0 Å². The SMILES string of the molecule is CCn1c(S[C@H](C)C(=O)NC(C)(C)C)nnc1-c1ccc(Cl)cc1. The first-order chi connectivity index (χ1) is 11.2. The van der Waals surface area contributed by atoms with Crippen LogP contribution in [-0.2, 0) is 11.3 Å². The molecule has 1 heterocycles. The number of amides is 1. The van der Waals surface area contributed by atoms with E-state index in [-0.39, 0.29) is 16.7 Å². The maximum atomic E-state index is 12.3. The predicted molar refractivity (Wildman–Crippen MR) is 99.4 cm³/mol. The standard InChI is InChI=1S/C17H23ClN4OS/c1-6-22-14(12-7-9-13(18)10-8-12)20-21-16(22)24-11(2)15(23)19-17(3,4)5/h7-11H,6H2,1-5H3,(H,19,23)/t11-/m1/s1. The molecule has 2 rings (SSSR count). The van der Waals surface area contributed by atoms with Crippen LogP contribution < -0.4 is 5.32 Å². The smallest absolute Gasteiger partial charge is 0.233 e. The molecule has 5 nitrogen and oxygen atoms in total. The number of carbonyl (C=O) groups is 1. The summed E-state index contributed by atoms with van der Waals surface area (Å²) in [5, 5.41) is 12.7. The number of rotatable bonds is 5. The van der Waals surface area contributed by atoms with Crippen molar-refractivity contribution in [3.8, 4) is 11.4 Å². The zero-order chi connectivity index (χ0) is 17.9. The molecule has 0 radical (unpaired) electrons. The molecule has 0 unspecified atom stereocenters. The van der Waals surface area contributed by atoms with E-state index in [4.69, 9.17) is 11.6 Å². The summed E-state index contributed by atoms with van der Waals surface area (Å²) in [7, 11) is 0.